The predicted octanol–water partition coefficient (Wildman–Crippen LogP) is 0.792. The Bertz CT molecular complexity index is 1190. The molecule has 28 heavy (non-hydrogen) atoms. The number of ether oxygens (including phenoxy) is 1. The molecule has 3 aromatic heterocycles. The fourth-order valence-corrected chi connectivity index (χ4v) is 4.43. The van der Waals surface area contributed by atoms with E-state index in [1.54, 1.807) is 24.7 Å². The van der Waals surface area contributed by atoms with Gasteiger partial charge in [-0.2, -0.15) is 5.10 Å². The van der Waals surface area contributed by atoms with Gasteiger partial charge in [-0.15, -0.1) is 17.9 Å². The number of hydrogen-bond acceptors (Lipinski definition) is 6. The third kappa shape index (κ3) is 3.29. The molecule has 3 rings (SSSR count). The molecule has 0 unspecified atom stereocenters. The highest BCUT2D eigenvalue weighted by molar-refractivity contribution is 7.18. The minimum atomic E-state index is -0.350. The van der Waals surface area contributed by atoms with E-state index >= 15 is 0 Å². The summed E-state index contributed by atoms with van der Waals surface area (Å²) in [6, 6.07) is 0. The minimum absolute atomic E-state index is 0.234. The van der Waals surface area contributed by atoms with Crippen LogP contribution in [-0.2, 0) is 30.9 Å². The molecule has 0 bridgehead atoms. The molecule has 0 saturated carbocycles. The summed E-state index contributed by atoms with van der Waals surface area (Å²) >= 11 is 1.34. The molecular weight excluding hydrogens is 382 g/mol. The van der Waals surface area contributed by atoms with Crippen LogP contribution in [0.25, 0.3) is 10.2 Å². The van der Waals surface area contributed by atoms with Crippen molar-refractivity contribution < 1.29 is 4.74 Å². The summed E-state index contributed by atoms with van der Waals surface area (Å²) in [4.78, 5) is 39.4. The van der Waals surface area contributed by atoms with Gasteiger partial charge in [0.15, 0.2) is 0 Å². The zero-order valence-corrected chi connectivity index (χ0v) is 17.0. The highest BCUT2D eigenvalue weighted by atomic mass is 32.1. The largest absolute Gasteiger partial charge is 0.383 e. The Balaban J connectivity index is 2.18. The summed E-state index contributed by atoms with van der Waals surface area (Å²) in [5.74, 6) is 0. The quantitative estimate of drug-likeness (QED) is 0.517. The monoisotopic (exact) mass is 405 g/mol. The zero-order valence-electron chi connectivity index (χ0n) is 16.2. The first-order chi connectivity index (χ1) is 13.4. The third-order valence-electron chi connectivity index (χ3n) is 4.64. The van der Waals surface area contributed by atoms with Gasteiger partial charge in [0.05, 0.1) is 25.1 Å². The topological polar surface area (TPSA) is 93.1 Å². The van der Waals surface area contributed by atoms with Gasteiger partial charge < -0.3 is 4.74 Å². The van der Waals surface area contributed by atoms with E-state index in [0.29, 0.717) is 29.9 Å². The SMILES string of the molecule is C=CCn1cnn(Cc2sc3c(c2C)c(=O)n(CC)c(=O)n3CCOC)c1=O. The maximum atomic E-state index is 12.9. The van der Waals surface area contributed by atoms with Gasteiger partial charge in [0, 0.05) is 25.1 Å². The number of nitrogens with zero attached hydrogens (tertiary/aromatic N) is 5. The Labute approximate surface area is 164 Å². The van der Waals surface area contributed by atoms with Gasteiger partial charge in [-0.05, 0) is 19.4 Å². The van der Waals surface area contributed by atoms with Crippen LogP contribution in [0.15, 0.2) is 33.4 Å². The van der Waals surface area contributed by atoms with Crippen LogP contribution in [0.2, 0.25) is 0 Å². The van der Waals surface area contributed by atoms with E-state index in [2.05, 4.69) is 11.7 Å². The molecule has 0 aliphatic heterocycles. The summed E-state index contributed by atoms with van der Waals surface area (Å²) in [6.45, 7) is 8.84. The van der Waals surface area contributed by atoms with Crippen molar-refractivity contribution in [3.63, 3.8) is 0 Å². The van der Waals surface area contributed by atoms with Crippen molar-refractivity contribution in [3.05, 3.63) is 60.7 Å². The molecule has 3 aromatic rings. The van der Waals surface area contributed by atoms with Crippen LogP contribution in [-0.4, -0.2) is 37.2 Å². The van der Waals surface area contributed by atoms with E-state index in [1.807, 2.05) is 6.92 Å². The molecule has 0 amide bonds. The van der Waals surface area contributed by atoms with Crippen molar-refractivity contribution in [2.75, 3.05) is 13.7 Å². The van der Waals surface area contributed by atoms with Gasteiger partial charge in [-0.3, -0.25) is 18.5 Å². The van der Waals surface area contributed by atoms with Gasteiger partial charge in [0.25, 0.3) is 5.56 Å². The third-order valence-corrected chi connectivity index (χ3v) is 5.94. The van der Waals surface area contributed by atoms with Gasteiger partial charge >= 0.3 is 11.4 Å². The molecule has 3 heterocycles. The van der Waals surface area contributed by atoms with Crippen LogP contribution in [0.3, 0.4) is 0 Å². The number of aromatic nitrogens is 5. The van der Waals surface area contributed by atoms with Crippen LogP contribution in [0, 0.1) is 6.92 Å². The molecule has 150 valence electrons. The van der Waals surface area contributed by atoms with Crippen molar-refractivity contribution in [2.24, 2.45) is 0 Å². The van der Waals surface area contributed by atoms with E-state index in [1.165, 1.54) is 31.5 Å². The Morgan fingerprint density at radius 2 is 2.00 bits per heavy atom. The number of allylic oxidation sites excluding steroid dienone is 1. The lowest BCUT2D eigenvalue weighted by atomic mass is 10.2. The summed E-state index contributed by atoms with van der Waals surface area (Å²) in [5.41, 5.74) is -0.138. The first-order valence-electron chi connectivity index (χ1n) is 8.92. The molecular formula is C18H23N5O4S. The number of aryl methyl sites for hydroxylation is 1. The highest BCUT2D eigenvalue weighted by Gasteiger charge is 2.20. The standard InChI is InChI=1S/C18H23N5O4S/c1-5-7-20-11-19-23(17(20)25)10-13-12(3)14-15(24)21(6-2)18(26)22(8-9-27-4)16(14)28-13/h5,11H,1,6-10H2,2-4H3. The second-order valence-electron chi connectivity index (χ2n) is 6.32. The lowest BCUT2D eigenvalue weighted by molar-refractivity contribution is 0.186. The highest BCUT2D eigenvalue weighted by Crippen LogP contribution is 2.28. The lowest BCUT2D eigenvalue weighted by Gasteiger charge is -2.10. The van der Waals surface area contributed by atoms with Crippen LogP contribution in [0.4, 0.5) is 0 Å². The Morgan fingerprint density at radius 3 is 2.64 bits per heavy atom. The number of rotatable bonds is 8. The first-order valence-corrected chi connectivity index (χ1v) is 9.73. The van der Waals surface area contributed by atoms with E-state index in [-0.39, 0.29) is 30.0 Å². The van der Waals surface area contributed by atoms with Crippen molar-refractivity contribution in [3.8, 4) is 0 Å². The number of hydrogen-bond donors (Lipinski definition) is 0. The maximum Gasteiger partial charge on any atom is 0.346 e. The van der Waals surface area contributed by atoms with Crippen molar-refractivity contribution in [1.29, 1.82) is 0 Å². The second kappa shape index (κ2) is 8.11. The van der Waals surface area contributed by atoms with Gasteiger partial charge in [-0.1, -0.05) is 6.08 Å². The second-order valence-corrected chi connectivity index (χ2v) is 7.40. The summed E-state index contributed by atoms with van der Waals surface area (Å²) in [6.07, 6.45) is 3.09. The van der Waals surface area contributed by atoms with Crippen LogP contribution < -0.4 is 16.9 Å². The smallest absolute Gasteiger partial charge is 0.346 e. The molecule has 0 atom stereocenters. The molecule has 0 radical (unpaired) electrons. The number of fused-ring (bicyclic) bond motifs is 1. The van der Waals surface area contributed by atoms with Gasteiger partial charge in [0.1, 0.15) is 11.2 Å². The Hall–Kier alpha value is -2.72. The molecule has 0 aliphatic carbocycles. The Kier molecular flexibility index (Phi) is 5.80. The predicted molar refractivity (Wildman–Crippen MR) is 108 cm³/mol. The maximum absolute atomic E-state index is 12.9. The van der Waals surface area contributed by atoms with Crippen molar-refractivity contribution in [2.45, 2.75) is 40.0 Å². The molecule has 0 aromatic carbocycles. The summed E-state index contributed by atoms with van der Waals surface area (Å²) < 4.78 is 10.7. The van der Waals surface area contributed by atoms with E-state index < -0.39 is 0 Å². The van der Waals surface area contributed by atoms with E-state index in [4.69, 9.17) is 4.74 Å². The van der Waals surface area contributed by atoms with E-state index in [0.717, 1.165) is 10.4 Å². The average molecular weight is 405 g/mol. The fourth-order valence-electron chi connectivity index (χ4n) is 3.13. The average Bonchev–Trinajstić information content (AvgIpc) is 3.17. The number of methoxy groups -OCH3 is 1. The van der Waals surface area contributed by atoms with Crippen molar-refractivity contribution >= 4 is 21.6 Å². The number of thiophene rings is 1. The van der Waals surface area contributed by atoms with Gasteiger partial charge in [0.2, 0.25) is 0 Å². The molecule has 0 N–H and O–H groups in total. The molecule has 0 spiro atoms. The molecule has 0 fully saturated rings. The normalized spacial score (nSPS) is 11.4. The summed E-state index contributed by atoms with van der Waals surface area (Å²) in [5, 5.41) is 4.65. The van der Waals surface area contributed by atoms with Crippen LogP contribution in [0.5, 0.6) is 0 Å². The lowest BCUT2D eigenvalue weighted by Crippen LogP contribution is -2.39. The molecule has 0 aliphatic rings. The summed E-state index contributed by atoms with van der Waals surface area (Å²) in [7, 11) is 1.56. The fraction of sp³-hybridized carbons (Fsp3) is 0.444. The minimum Gasteiger partial charge on any atom is -0.383 e. The molecule has 10 heteroatoms. The van der Waals surface area contributed by atoms with Gasteiger partial charge in [-0.25, -0.2) is 14.3 Å². The van der Waals surface area contributed by atoms with Crippen molar-refractivity contribution in [1.82, 2.24) is 23.5 Å². The van der Waals surface area contributed by atoms with Crippen LogP contribution >= 0.6 is 11.3 Å². The van der Waals surface area contributed by atoms with Crippen LogP contribution in [0.1, 0.15) is 17.4 Å². The zero-order chi connectivity index (χ0) is 20.4. The molecule has 0 saturated heterocycles. The first kappa shape index (κ1) is 20.0. The molecule has 9 nitrogen and oxygen atoms in total. The Morgan fingerprint density at radius 1 is 1.25 bits per heavy atom. The van der Waals surface area contributed by atoms with E-state index in [9.17, 15) is 14.4 Å².